The largest absolute Gasteiger partial charge is 0.298 e. The van der Waals surface area contributed by atoms with E-state index in [1.54, 1.807) is 6.92 Å². The van der Waals surface area contributed by atoms with Crippen molar-refractivity contribution in [3.63, 3.8) is 0 Å². The van der Waals surface area contributed by atoms with Gasteiger partial charge < -0.3 is 0 Å². The van der Waals surface area contributed by atoms with Crippen molar-refractivity contribution in [1.82, 2.24) is 4.90 Å². The van der Waals surface area contributed by atoms with E-state index < -0.39 is 0 Å². The highest BCUT2D eigenvalue weighted by Crippen LogP contribution is 2.24. The number of rotatable bonds is 2. The molecule has 1 aliphatic heterocycles. The summed E-state index contributed by atoms with van der Waals surface area (Å²) in [5.74, 6) is 0.309. The lowest BCUT2D eigenvalue weighted by Crippen LogP contribution is -2.30. The van der Waals surface area contributed by atoms with Crippen LogP contribution in [0, 0.1) is 0 Å². The Morgan fingerprint density at radius 3 is 2.55 bits per heavy atom. The molecule has 3 heteroatoms. The van der Waals surface area contributed by atoms with E-state index >= 15 is 0 Å². The topological polar surface area (TPSA) is 20.3 Å². The minimum absolute atomic E-state index is 0.187. The van der Waals surface area contributed by atoms with Gasteiger partial charge in [-0.3, -0.25) is 9.69 Å². The lowest BCUT2D eigenvalue weighted by atomic mass is 10.1. The number of nitrogens with zero attached hydrogens (tertiary/aromatic N) is 1. The van der Waals surface area contributed by atoms with Crippen LogP contribution in [0.15, 0.2) is 0 Å². The van der Waals surface area contributed by atoms with Crippen molar-refractivity contribution in [3.05, 3.63) is 0 Å². The number of Topliss-reactive ketones (excluding diaryl/α,β-unsaturated/α-hetero) is 1. The van der Waals surface area contributed by atoms with Crippen LogP contribution >= 0.6 is 11.8 Å². The first-order chi connectivity index (χ1) is 5.15. The molecular weight excluding hydrogens is 158 g/mol. The van der Waals surface area contributed by atoms with Crippen molar-refractivity contribution in [2.75, 3.05) is 19.8 Å². The number of hydrogen-bond acceptors (Lipinski definition) is 3. The molecule has 2 unspecified atom stereocenters. The molecule has 2 atom stereocenters. The molecule has 2 nitrogen and oxygen atoms in total. The third-order valence-corrected chi connectivity index (χ3v) is 3.32. The third-order valence-electron chi connectivity index (χ3n) is 2.31. The molecule has 1 saturated heterocycles. The maximum atomic E-state index is 11.1. The average Bonchev–Trinajstić information content (AvgIpc) is 2.30. The monoisotopic (exact) mass is 173 g/mol. The minimum Gasteiger partial charge on any atom is -0.298 e. The molecule has 0 N–H and O–H groups in total. The van der Waals surface area contributed by atoms with Gasteiger partial charge in [-0.05, 0) is 26.6 Å². The van der Waals surface area contributed by atoms with Gasteiger partial charge in [-0.2, -0.15) is 11.8 Å². The van der Waals surface area contributed by atoms with Crippen molar-refractivity contribution < 1.29 is 4.79 Å². The van der Waals surface area contributed by atoms with Crippen LogP contribution in [0.2, 0.25) is 0 Å². The molecule has 0 aromatic heterocycles. The van der Waals surface area contributed by atoms with Crippen molar-refractivity contribution >= 4 is 17.5 Å². The van der Waals surface area contributed by atoms with Crippen LogP contribution in [-0.4, -0.2) is 41.8 Å². The Hall–Kier alpha value is -0.0200. The number of thioether (sulfide) groups is 1. The molecule has 64 valence electrons. The molecular formula is C8H15NOS. The standard InChI is InChI=1S/C8H15NOS/c1-6(10)8-4-7(11-3)5-9(8)2/h7-8H,4-5H2,1-3H3. The van der Waals surface area contributed by atoms with Gasteiger partial charge in [-0.1, -0.05) is 0 Å². The summed E-state index contributed by atoms with van der Waals surface area (Å²) < 4.78 is 0. The maximum Gasteiger partial charge on any atom is 0.146 e. The Morgan fingerprint density at radius 1 is 1.64 bits per heavy atom. The van der Waals surface area contributed by atoms with Crippen LogP contribution < -0.4 is 0 Å². The molecule has 0 aliphatic carbocycles. The Kier molecular flexibility index (Phi) is 2.96. The molecule has 1 rings (SSSR count). The predicted octanol–water partition coefficient (Wildman–Crippen LogP) is 1.01. The zero-order chi connectivity index (χ0) is 8.43. The van der Waals surface area contributed by atoms with Crippen LogP contribution in [0.3, 0.4) is 0 Å². The number of hydrogen-bond donors (Lipinski definition) is 0. The minimum atomic E-state index is 0.187. The van der Waals surface area contributed by atoms with Gasteiger partial charge in [0.15, 0.2) is 0 Å². The normalized spacial score (nSPS) is 32.6. The maximum absolute atomic E-state index is 11.1. The van der Waals surface area contributed by atoms with E-state index in [2.05, 4.69) is 11.2 Å². The van der Waals surface area contributed by atoms with Crippen molar-refractivity contribution in [3.8, 4) is 0 Å². The molecule has 0 spiro atoms. The van der Waals surface area contributed by atoms with Gasteiger partial charge in [0.2, 0.25) is 0 Å². The summed E-state index contributed by atoms with van der Waals surface area (Å²) in [6.45, 7) is 2.75. The van der Waals surface area contributed by atoms with Crippen LogP contribution in [0.25, 0.3) is 0 Å². The van der Waals surface area contributed by atoms with Crippen LogP contribution in [0.4, 0.5) is 0 Å². The molecule has 0 bridgehead atoms. The molecule has 1 aliphatic rings. The second-order valence-electron chi connectivity index (χ2n) is 3.16. The smallest absolute Gasteiger partial charge is 0.146 e. The molecule has 1 heterocycles. The number of carbonyl (C=O) groups is 1. The second kappa shape index (κ2) is 3.59. The molecule has 0 radical (unpaired) electrons. The highest BCUT2D eigenvalue weighted by atomic mass is 32.2. The second-order valence-corrected chi connectivity index (χ2v) is 4.30. The highest BCUT2D eigenvalue weighted by molar-refractivity contribution is 7.99. The Balaban J connectivity index is 2.51. The number of ketones is 1. The number of carbonyl (C=O) groups excluding carboxylic acids is 1. The number of likely N-dealkylation sites (tertiary alicyclic amines) is 1. The van der Waals surface area contributed by atoms with Gasteiger partial charge in [0, 0.05) is 11.8 Å². The first-order valence-electron chi connectivity index (χ1n) is 3.88. The SMILES string of the molecule is CSC1CC(C(C)=O)N(C)C1. The lowest BCUT2D eigenvalue weighted by Gasteiger charge is -2.14. The first-order valence-corrected chi connectivity index (χ1v) is 5.17. The van der Waals surface area contributed by atoms with E-state index in [-0.39, 0.29) is 6.04 Å². The van der Waals surface area contributed by atoms with E-state index in [1.165, 1.54) is 0 Å². The van der Waals surface area contributed by atoms with E-state index in [9.17, 15) is 4.79 Å². The number of likely N-dealkylation sites (N-methyl/N-ethyl adjacent to an activating group) is 1. The fraction of sp³-hybridized carbons (Fsp3) is 0.875. The lowest BCUT2D eigenvalue weighted by molar-refractivity contribution is -0.120. The summed E-state index contributed by atoms with van der Waals surface area (Å²) >= 11 is 1.86. The first kappa shape index (κ1) is 9.07. The average molecular weight is 173 g/mol. The molecule has 11 heavy (non-hydrogen) atoms. The highest BCUT2D eigenvalue weighted by Gasteiger charge is 2.31. The van der Waals surface area contributed by atoms with Gasteiger partial charge in [-0.15, -0.1) is 0 Å². The van der Waals surface area contributed by atoms with Crippen molar-refractivity contribution in [2.45, 2.75) is 24.6 Å². The summed E-state index contributed by atoms with van der Waals surface area (Å²) in [5, 5.41) is 0.661. The van der Waals surface area contributed by atoms with Gasteiger partial charge in [0.05, 0.1) is 6.04 Å². The fourth-order valence-electron chi connectivity index (χ4n) is 1.60. The quantitative estimate of drug-likeness (QED) is 0.621. The molecule has 0 saturated carbocycles. The van der Waals surface area contributed by atoms with Crippen molar-refractivity contribution in [2.24, 2.45) is 0 Å². The zero-order valence-corrected chi connectivity index (χ0v) is 8.15. The van der Waals surface area contributed by atoms with E-state index in [0.717, 1.165) is 13.0 Å². The Bertz CT molecular complexity index is 160. The summed E-state index contributed by atoms with van der Waals surface area (Å²) in [7, 11) is 2.03. The van der Waals surface area contributed by atoms with Crippen LogP contribution in [0.1, 0.15) is 13.3 Å². The van der Waals surface area contributed by atoms with Gasteiger partial charge in [0.1, 0.15) is 5.78 Å². The van der Waals surface area contributed by atoms with Gasteiger partial charge in [-0.25, -0.2) is 0 Å². The molecule has 0 aromatic carbocycles. The summed E-state index contributed by atoms with van der Waals surface area (Å²) in [5.41, 5.74) is 0. The summed E-state index contributed by atoms with van der Waals surface area (Å²) in [6, 6.07) is 0.187. The summed E-state index contributed by atoms with van der Waals surface area (Å²) in [4.78, 5) is 13.2. The van der Waals surface area contributed by atoms with E-state index in [0.29, 0.717) is 11.0 Å². The van der Waals surface area contributed by atoms with E-state index in [1.807, 2.05) is 18.8 Å². The molecule has 1 fully saturated rings. The summed E-state index contributed by atoms with van der Waals surface area (Å²) in [6.07, 6.45) is 3.15. The predicted molar refractivity (Wildman–Crippen MR) is 49.0 cm³/mol. The third kappa shape index (κ3) is 1.97. The van der Waals surface area contributed by atoms with E-state index in [4.69, 9.17) is 0 Å². The van der Waals surface area contributed by atoms with Crippen LogP contribution in [0.5, 0.6) is 0 Å². The van der Waals surface area contributed by atoms with Crippen LogP contribution in [-0.2, 0) is 4.79 Å². The van der Waals surface area contributed by atoms with Crippen molar-refractivity contribution in [1.29, 1.82) is 0 Å². The van der Waals surface area contributed by atoms with Gasteiger partial charge in [0.25, 0.3) is 0 Å². The zero-order valence-electron chi connectivity index (χ0n) is 7.33. The molecule has 0 aromatic rings. The molecule has 0 amide bonds. The van der Waals surface area contributed by atoms with Gasteiger partial charge >= 0.3 is 0 Å². The Labute approximate surface area is 72.3 Å². The Morgan fingerprint density at radius 2 is 2.27 bits per heavy atom. The fourth-order valence-corrected chi connectivity index (χ4v) is 2.36.